The number of carbonyl (C=O) groups excluding carboxylic acids is 2. The monoisotopic (exact) mass is 465 g/mol. The van der Waals surface area contributed by atoms with Crippen molar-refractivity contribution in [3.63, 3.8) is 0 Å². The number of ether oxygens (including phenoxy) is 1. The third-order valence-electron chi connectivity index (χ3n) is 4.89. The van der Waals surface area contributed by atoms with Crippen molar-refractivity contribution in [3.05, 3.63) is 99.5 Å². The number of nitrogens with one attached hydrogen (secondary N) is 2. The van der Waals surface area contributed by atoms with Crippen molar-refractivity contribution in [3.8, 4) is 5.75 Å². The Labute approximate surface area is 193 Å². The molecular weight excluding hydrogens is 446 g/mol. The lowest BCUT2D eigenvalue weighted by Gasteiger charge is -2.09. The van der Waals surface area contributed by atoms with E-state index in [1.54, 1.807) is 72.8 Å². The average molecular weight is 466 g/mol. The molecule has 1 aromatic heterocycles. The highest BCUT2D eigenvalue weighted by atomic mass is 35.5. The third kappa shape index (κ3) is 5.61. The van der Waals surface area contributed by atoms with Gasteiger partial charge in [-0.3, -0.25) is 25.0 Å². The minimum atomic E-state index is -0.534. The number of para-hydroxylation sites is 2. The Morgan fingerprint density at radius 2 is 1.67 bits per heavy atom. The van der Waals surface area contributed by atoms with Gasteiger partial charge in [0.1, 0.15) is 12.4 Å². The van der Waals surface area contributed by atoms with Crippen LogP contribution in [0.3, 0.4) is 0 Å². The highest BCUT2D eigenvalue weighted by Gasteiger charge is 2.12. The number of hydrogen-bond acceptors (Lipinski definition) is 5. The SMILES string of the molecule is O=C(CCn1c(=O)oc2ccccc21)NNC(=O)c1ccc(COc2ccc(Cl)cc2)cc1. The molecule has 0 spiro atoms. The van der Waals surface area contributed by atoms with E-state index in [1.807, 2.05) is 0 Å². The Bertz CT molecular complexity index is 1330. The summed E-state index contributed by atoms with van der Waals surface area (Å²) in [7, 11) is 0. The first-order valence-corrected chi connectivity index (χ1v) is 10.5. The van der Waals surface area contributed by atoms with E-state index < -0.39 is 17.6 Å². The van der Waals surface area contributed by atoms with Crippen molar-refractivity contribution in [2.24, 2.45) is 0 Å². The number of halogens is 1. The topological polar surface area (TPSA) is 103 Å². The van der Waals surface area contributed by atoms with Gasteiger partial charge in [-0.15, -0.1) is 0 Å². The fraction of sp³-hybridized carbons (Fsp3) is 0.125. The smallest absolute Gasteiger partial charge is 0.419 e. The molecule has 33 heavy (non-hydrogen) atoms. The number of benzene rings is 3. The molecule has 168 valence electrons. The Kier molecular flexibility index (Phi) is 6.75. The maximum Gasteiger partial charge on any atom is 0.419 e. The van der Waals surface area contributed by atoms with Gasteiger partial charge in [0.05, 0.1) is 5.52 Å². The molecule has 8 nitrogen and oxygen atoms in total. The second-order valence-electron chi connectivity index (χ2n) is 7.18. The largest absolute Gasteiger partial charge is 0.489 e. The molecule has 0 radical (unpaired) electrons. The van der Waals surface area contributed by atoms with Crippen LogP contribution >= 0.6 is 11.6 Å². The molecule has 4 rings (SSSR count). The van der Waals surface area contributed by atoms with Crippen LogP contribution in [-0.4, -0.2) is 16.4 Å². The highest BCUT2D eigenvalue weighted by Crippen LogP contribution is 2.17. The zero-order valence-corrected chi connectivity index (χ0v) is 18.2. The summed E-state index contributed by atoms with van der Waals surface area (Å²) in [6.45, 7) is 0.461. The number of aromatic nitrogens is 1. The van der Waals surface area contributed by atoms with Crippen LogP contribution in [0.4, 0.5) is 0 Å². The van der Waals surface area contributed by atoms with E-state index in [0.29, 0.717) is 34.0 Å². The molecule has 0 atom stereocenters. The van der Waals surface area contributed by atoms with Crippen LogP contribution in [-0.2, 0) is 17.9 Å². The number of rotatable bonds is 7. The maximum atomic E-state index is 12.3. The average Bonchev–Trinajstić information content (AvgIpc) is 3.16. The van der Waals surface area contributed by atoms with Crippen molar-refractivity contribution in [2.75, 3.05) is 0 Å². The lowest BCUT2D eigenvalue weighted by Crippen LogP contribution is -2.42. The molecule has 9 heteroatoms. The Morgan fingerprint density at radius 1 is 0.939 bits per heavy atom. The van der Waals surface area contributed by atoms with Gasteiger partial charge in [0.2, 0.25) is 5.91 Å². The summed E-state index contributed by atoms with van der Waals surface area (Å²) in [5.41, 5.74) is 7.05. The quantitative estimate of drug-likeness (QED) is 0.405. The number of oxazole rings is 1. The van der Waals surface area contributed by atoms with Gasteiger partial charge in [0.25, 0.3) is 5.91 Å². The van der Waals surface area contributed by atoms with E-state index in [4.69, 9.17) is 20.8 Å². The Hall–Kier alpha value is -4.04. The zero-order chi connectivity index (χ0) is 23.2. The molecule has 0 aliphatic rings. The predicted molar refractivity (Wildman–Crippen MR) is 123 cm³/mol. The summed E-state index contributed by atoms with van der Waals surface area (Å²) in [5.74, 6) is -0.740. The summed E-state index contributed by atoms with van der Waals surface area (Å²) < 4.78 is 12.2. The number of aryl methyl sites for hydroxylation is 1. The normalized spacial score (nSPS) is 10.7. The number of hydrogen-bond donors (Lipinski definition) is 2. The van der Waals surface area contributed by atoms with Gasteiger partial charge in [-0.05, 0) is 54.1 Å². The predicted octanol–water partition coefficient (Wildman–Crippen LogP) is 3.68. The van der Waals surface area contributed by atoms with Crippen LogP contribution in [0.25, 0.3) is 11.1 Å². The van der Waals surface area contributed by atoms with Crippen LogP contribution in [0, 0.1) is 0 Å². The number of carbonyl (C=O) groups is 2. The minimum absolute atomic E-state index is 0.00924. The molecule has 0 bridgehead atoms. The van der Waals surface area contributed by atoms with Gasteiger partial charge in [0.15, 0.2) is 5.58 Å². The molecule has 0 saturated carbocycles. The van der Waals surface area contributed by atoms with Gasteiger partial charge in [-0.1, -0.05) is 35.9 Å². The molecule has 0 fully saturated rings. The molecule has 0 aliphatic heterocycles. The summed E-state index contributed by atoms with van der Waals surface area (Å²) in [4.78, 5) is 36.4. The molecule has 2 N–H and O–H groups in total. The molecular formula is C24H20ClN3O5. The number of amides is 2. The van der Waals surface area contributed by atoms with Gasteiger partial charge in [-0.25, -0.2) is 4.79 Å². The maximum absolute atomic E-state index is 12.3. The minimum Gasteiger partial charge on any atom is -0.489 e. The van der Waals surface area contributed by atoms with Crippen molar-refractivity contribution in [2.45, 2.75) is 19.6 Å². The molecule has 2 amide bonds. The van der Waals surface area contributed by atoms with E-state index in [2.05, 4.69) is 10.9 Å². The fourth-order valence-electron chi connectivity index (χ4n) is 3.15. The van der Waals surface area contributed by atoms with E-state index in [-0.39, 0.29) is 13.0 Å². The fourth-order valence-corrected chi connectivity index (χ4v) is 3.28. The van der Waals surface area contributed by atoms with E-state index in [1.165, 1.54) is 4.57 Å². The Morgan fingerprint density at radius 3 is 2.42 bits per heavy atom. The molecule has 4 aromatic rings. The molecule has 0 saturated heterocycles. The van der Waals surface area contributed by atoms with E-state index >= 15 is 0 Å². The van der Waals surface area contributed by atoms with Crippen LogP contribution in [0.5, 0.6) is 5.75 Å². The molecule has 0 unspecified atom stereocenters. The number of nitrogens with zero attached hydrogens (tertiary/aromatic N) is 1. The second kappa shape index (κ2) is 10.1. The Balaban J connectivity index is 1.25. The van der Waals surface area contributed by atoms with Crippen molar-refractivity contribution in [1.29, 1.82) is 0 Å². The first kappa shape index (κ1) is 22.2. The summed E-state index contributed by atoms with van der Waals surface area (Å²) >= 11 is 5.85. The number of fused-ring (bicyclic) bond motifs is 1. The number of hydrazine groups is 1. The van der Waals surface area contributed by atoms with Crippen molar-refractivity contribution >= 4 is 34.5 Å². The third-order valence-corrected chi connectivity index (χ3v) is 5.14. The first-order valence-electron chi connectivity index (χ1n) is 10.1. The van der Waals surface area contributed by atoms with Crippen LogP contribution < -0.4 is 21.3 Å². The highest BCUT2D eigenvalue weighted by molar-refractivity contribution is 6.30. The van der Waals surface area contributed by atoms with Crippen molar-refractivity contribution < 1.29 is 18.7 Å². The molecule has 1 heterocycles. The van der Waals surface area contributed by atoms with Crippen molar-refractivity contribution in [1.82, 2.24) is 15.4 Å². The lowest BCUT2D eigenvalue weighted by molar-refractivity contribution is -0.122. The summed E-state index contributed by atoms with van der Waals surface area (Å²) in [6, 6.07) is 20.8. The van der Waals surface area contributed by atoms with Gasteiger partial charge in [-0.2, -0.15) is 0 Å². The van der Waals surface area contributed by atoms with E-state index in [9.17, 15) is 14.4 Å². The van der Waals surface area contributed by atoms with Gasteiger partial charge < -0.3 is 9.15 Å². The standard InChI is InChI=1S/C24H20ClN3O5/c25-18-9-11-19(12-10-18)32-15-16-5-7-17(8-6-16)23(30)27-26-22(29)13-14-28-20-3-1-2-4-21(20)33-24(28)31/h1-12H,13-15H2,(H,26,29)(H,27,30). The van der Waals surface area contributed by atoms with Gasteiger partial charge >= 0.3 is 5.76 Å². The van der Waals surface area contributed by atoms with Crippen LogP contribution in [0.15, 0.2) is 82.0 Å². The van der Waals surface area contributed by atoms with E-state index in [0.717, 1.165) is 5.56 Å². The molecule has 3 aromatic carbocycles. The van der Waals surface area contributed by atoms with Crippen LogP contribution in [0.2, 0.25) is 5.02 Å². The lowest BCUT2D eigenvalue weighted by atomic mass is 10.1. The zero-order valence-electron chi connectivity index (χ0n) is 17.4. The van der Waals surface area contributed by atoms with Crippen LogP contribution in [0.1, 0.15) is 22.3 Å². The van der Waals surface area contributed by atoms with Gasteiger partial charge in [0, 0.05) is 23.6 Å². The first-order chi connectivity index (χ1) is 16.0. The summed E-state index contributed by atoms with van der Waals surface area (Å²) in [5, 5.41) is 0.633. The second-order valence-corrected chi connectivity index (χ2v) is 7.62. The summed E-state index contributed by atoms with van der Waals surface area (Å²) in [6.07, 6.45) is -0.00924. The molecule has 0 aliphatic carbocycles.